The van der Waals surface area contributed by atoms with E-state index >= 15 is 0 Å². The Kier molecular flexibility index (Phi) is 7.91. The van der Waals surface area contributed by atoms with E-state index in [0.717, 1.165) is 5.56 Å². The largest absolute Gasteiger partial charge is 1.00 e. The van der Waals surface area contributed by atoms with Crippen LogP contribution in [-0.4, -0.2) is 11.9 Å². The molecule has 0 aliphatic heterocycles. The first kappa shape index (κ1) is 17.2. The maximum Gasteiger partial charge on any atom is 1.00 e. The molecule has 92 valence electrons. The fourth-order valence-corrected chi connectivity index (χ4v) is 1.27. The van der Waals surface area contributed by atoms with E-state index in [9.17, 15) is 14.7 Å². The summed E-state index contributed by atoms with van der Waals surface area (Å²) in [5.74, 6) is -3.32. The standard InChI is InChI=1S/C13H16O4.Na/c1-9(12(14)15)10(2)13(16)17-8-11-6-4-3-5-7-11;/h3-7,9-10H,8H2,1-2H3,(H,14,15);/q;+1/p-1. The average molecular weight is 258 g/mol. The van der Waals surface area contributed by atoms with Crippen LogP contribution >= 0.6 is 0 Å². The van der Waals surface area contributed by atoms with E-state index in [2.05, 4.69) is 0 Å². The molecule has 2 atom stereocenters. The number of benzene rings is 1. The minimum absolute atomic E-state index is 0. The molecule has 0 amide bonds. The third kappa shape index (κ3) is 5.21. The van der Waals surface area contributed by atoms with Gasteiger partial charge >= 0.3 is 35.5 Å². The summed E-state index contributed by atoms with van der Waals surface area (Å²) in [6.07, 6.45) is 0. The second kappa shape index (κ2) is 8.29. The first-order chi connectivity index (χ1) is 8.02. The number of carboxylic acid groups (broad SMARTS) is 1. The SMILES string of the molecule is CC(C(=O)[O-])C(C)C(=O)OCc1ccccc1.[Na+]. The van der Waals surface area contributed by atoms with E-state index < -0.39 is 23.8 Å². The van der Waals surface area contributed by atoms with Gasteiger partial charge in [-0.25, -0.2) is 0 Å². The average Bonchev–Trinajstić information content (AvgIpc) is 2.35. The van der Waals surface area contributed by atoms with Crippen molar-refractivity contribution in [3.8, 4) is 0 Å². The number of esters is 1. The molecule has 0 bridgehead atoms. The Hall–Kier alpha value is -0.840. The molecule has 5 heteroatoms. The van der Waals surface area contributed by atoms with Crippen molar-refractivity contribution in [3.05, 3.63) is 35.9 Å². The number of carboxylic acids is 1. The number of carbonyl (C=O) groups excluding carboxylic acids is 2. The van der Waals surface area contributed by atoms with Crippen LogP contribution < -0.4 is 34.7 Å². The van der Waals surface area contributed by atoms with E-state index in [4.69, 9.17) is 4.74 Å². The van der Waals surface area contributed by atoms with Gasteiger partial charge in [-0.05, 0) is 5.56 Å². The van der Waals surface area contributed by atoms with Crippen LogP contribution in [0.2, 0.25) is 0 Å². The van der Waals surface area contributed by atoms with Crippen LogP contribution in [-0.2, 0) is 20.9 Å². The number of carbonyl (C=O) groups is 2. The fraction of sp³-hybridized carbons (Fsp3) is 0.385. The molecule has 0 fully saturated rings. The minimum Gasteiger partial charge on any atom is -0.550 e. The van der Waals surface area contributed by atoms with Gasteiger partial charge in [0.1, 0.15) is 6.61 Å². The van der Waals surface area contributed by atoms with Crippen LogP contribution in [0.15, 0.2) is 30.3 Å². The van der Waals surface area contributed by atoms with E-state index in [1.165, 1.54) is 13.8 Å². The molecule has 0 radical (unpaired) electrons. The molecule has 1 aromatic carbocycles. The molecule has 0 aliphatic carbocycles. The Labute approximate surface area is 129 Å². The van der Waals surface area contributed by atoms with Gasteiger partial charge < -0.3 is 14.6 Å². The van der Waals surface area contributed by atoms with E-state index in [0.29, 0.717) is 0 Å². The second-order valence-corrected chi connectivity index (χ2v) is 3.99. The molecule has 0 saturated carbocycles. The normalized spacial score (nSPS) is 13.0. The number of ether oxygens (including phenoxy) is 1. The van der Waals surface area contributed by atoms with Crippen LogP contribution in [0, 0.1) is 11.8 Å². The molecule has 0 aromatic heterocycles. The number of rotatable bonds is 5. The Balaban J connectivity index is 0.00000289. The molecule has 1 aromatic rings. The molecule has 0 spiro atoms. The predicted molar refractivity (Wildman–Crippen MR) is 59.6 cm³/mol. The number of hydrogen-bond acceptors (Lipinski definition) is 4. The summed E-state index contributed by atoms with van der Waals surface area (Å²) in [5.41, 5.74) is 0.870. The van der Waals surface area contributed by atoms with E-state index in [1.54, 1.807) is 0 Å². The zero-order valence-corrected chi connectivity index (χ0v) is 12.9. The summed E-state index contributed by atoms with van der Waals surface area (Å²) in [4.78, 5) is 22.1. The van der Waals surface area contributed by atoms with Gasteiger partial charge in [0, 0.05) is 11.9 Å². The number of aliphatic carboxylic acids is 1. The van der Waals surface area contributed by atoms with Gasteiger partial charge in [0.25, 0.3) is 0 Å². The van der Waals surface area contributed by atoms with Gasteiger partial charge in [-0.2, -0.15) is 0 Å². The van der Waals surface area contributed by atoms with Crippen LogP contribution in [0.5, 0.6) is 0 Å². The summed E-state index contributed by atoms with van der Waals surface area (Å²) < 4.78 is 5.03. The Morgan fingerprint density at radius 3 is 2.22 bits per heavy atom. The molecule has 4 nitrogen and oxygen atoms in total. The van der Waals surface area contributed by atoms with Gasteiger partial charge in [0.2, 0.25) is 0 Å². The van der Waals surface area contributed by atoms with Crippen LogP contribution in [0.3, 0.4) is 0 Å². The fourth-order valence-electron chi connectivity index (χ4n) is 1.27. The quantitative estimate of drug-likeness (QED) is 0.442. The van der Waals surface area contributed by atoms with Crippen molar-refractivity contribution in [2.24, 2.45) is 11.8 Å². The molecular formula is C13H15NaO4. The predicted octanol–water partition coefficient (Wildman–Crippen LogP) is -2.24. The summed E-state index contributed by atoms with van der Waals surface area (Å²) in [5, 5.41) is 10.6. The zero-order valence-electron chi connectivity index (χ0n) is 10.9. The van der Waals surface area contributed by atoms with E-state index in [1.807, 2.05) is 30.3 Å². The van der Waals surface area contributed by atoms with E-state index in [-0.39, 0.29) is 36.2 Å². The van der Waals surface area contributed by atoms with Crippen molar-refractivity contribution in [2.45, 2.75) is 20.5 Å². The minimum atomic E-state index is -1.24. The summed E-state index contributed by atoms with van der Waals surface area (Å²) in [6.45, 7) is 3.11. The molecule has 0 aliphatic rings. The van der Waals surface area contributed by atoms with Crippen molar-refractivity contribution >= 4 is 11.9 Å². The van der Waals surface area contributed by atoms with Crippen molar-refractivity contribution in [1.82, 2.24) is 0 Å². The van der Waals surface area contributed by atoms with Gasteiger partial charge in [-0.3, -0.25) is 4.79 Å². The van der Waals surface area contributed by atoms with Gasteiger partial charge in [-0.15, -0.1) is 0 Å². The van der Waals surface area contributed by atoms with Crippen molar-refractivity contribution < 1.29 is 49.0 Å². The molecule has 0 N–H and O–H groups in total. The molecule has 2 unspecified atom stereocenters. The van der Waals surface area contributed by atoms with Crippen LogP contribution in [0.25, 0.3) is 0 Å². The van der Waals surface area contributed by atoms with Crippen LogP contribution in [0.1, 0.15) is 19.4 Å². The summed E-state index contributed by atoms with van der Waals surface area (Å²) in [6, 6.07) is 9.22. The van der Waals surface area contributed by atoms with Crippen molar-refractivity contribution in [2.75, 3.05) is 0 Å². The third-order valence-corrected chi connectivity index (χ3v) is 2.72. The first-order valence-corrected chi connectivity index (χ1v) is 5.43. The van der Waals surface area contributed by atoms with Crippen LogP contribution in [0.4, 0.5) is 0 Å². The Morgan fingerprint density at radius 2 is 1.72 bits per heavy atom. The van der Waals surface area contributed by atoms with Gasteiger partial charge in [0.05, 0.1) is 5.92 Å². The maximum absolute atomic E-state index is 11.5. The molecule has 0 saturated heterocycles. The first-order valence-electron chi connectivity index (χ1n) is 5.43. The Morgan fingerprint density at radius 1 is 1.17 bits per heavy atom. The Bertz CT molecular complexity index is 391. The summed E-state index contributed by atoms with van der Waals surface area (Å²) >= 11 is 0. The molecular weight excluding hydrogens is 243 g/mol. The topological polar surface area (TPSA) is 66.4 Å². The molecule has 0 heterocycles. The number of hydrogen-bond donors (Lipinski definition) is 0. The smallest absolute Gasteiger partial charge is 0.550 e. The van der Waals surface area contributed by atoms with Gasteiger partial charge in [-0.1, -0.05) is 44.2 Å². The monoisotopic (exact) mass is 258 g/mol. The third-order valence-electron chi connectivity index (χ3n) is 2.72. The van der Waals surface area contributed by atoms with Crippen molar-refractivity contribution in [1.29, 1.82) is 0 Å². The maximum atomic E-state index is 11.5. The molecule has 18 heavy (non-hydrogen) atoms. The zero-order chi connectivity index (χ0) is 12.8. The van der Waals surface area contributed by atoms with Crippen molar-refractivity contribution in [3.63, 3.8) is 0 Å². The second-order valence-electron chi connectivity index (χ2n) is 3.99. The molecule has 1 rings (SSSR count). The summed E-state index contributed by atoms with van der Waals surface area (Å²) in [7, 11) is 0. The van der Waals surface area contributed by atoms with Gasteiger partial charge in [0.15, 0.2) is 0 Å².